The molecule has 0 bridgehead atoms. The maximum absolute atomic E-state index is 13.6. The van der Waals surface area contributed by atoms with Gasteiger partial charge in [0.15, 0.2) is 0 Å². The quantitative estimate of drug-likeness (QED) is 0.676. The molecule has 0 saturated heterocycles. The van der Waals surface area contributed by atoms with Crippen LogP contribution in [0.5, 0.6) is 0 Å². The van der Waals surface area contributed by atoms with Crippen LogP contribution < -0.4 is 16.6 Å². The van der Waals surface area contributed by atoms with Crippen molar-refractivity contribution in [2.75, 3.05) is 6.54 Å². The third-order valence-corrected chi connectivity index (χ3v) is 5.00. The molecule has 0 aliphatic heterocycles. The summed E-state index contributed by atoms with van der Waals surface area (Å²) in [7, 11) is 0. The lowest BCUT2D eigenvalue weighted by Crippen LogP contribution is -2.46. The second-order valence-electron chi connectivity index (χ2n) is 7.56. The summed E-state index contributed by atoms with van der Waals surface area (Å²) in [4.78, 5) is 38.7. The summed E-state index contributed by atoms with van der Waals surface area (Å²) in [5.41, 5.74) is -0.114. The predicted molar refractivity (Wildman–Crippen MR) is 109 cm³/mol. The third-order valence-electron chi connectivity index (χ3n) is 5.00. The molecule has 0 unspecified atom stereocenters. The van der Waals surface area contributed by atoms with Crippen LogP contribution in [0, 0.1) is 18.7 Å². The van der Waals surface area contributed by atoms with Gasteiger partial charge < -0.3 is 5.32 Å². The number of aromatic nitrogens is 3. The van der Waals surface area contributed by atoms with E-state index >= 15 is 0 Å². The first-order valence-electron chi connectivity index (χ1n) is 9.76. The first-order valence-corrected chi connectivity index (χ1v) is 9.76. The molecule has 7 nitrogen and oxygen atoms in total. The summed E-state index contributed by atoms with van der Waals surface area (Å²) in [6.45, 7) is 2.15. The van der Waals surface area contributed by atoms with Crippen LogP contribution in [0.2, 0.25) is 0 Å². The second-order valence-corrected chi connectivity index (χ2v) is 7.56. The first kappa shape index (κ1) is 19.8. The van der Waals surface area contributed by atoms with Gasteiger partial charge in [-0.2, -0.15) is 9.78 Å². The largest absolute Gasteiger partial charge is 0.352 e. The van der Waals surface area contributed by atoms with Crippen molar-refractivity contribution >= 4 is 5.91 Å². The number of rotatable bonds is 6. The Balaban J connectivity index is 1.83. The van der Waals surface area contributed by atoms with Crippen LogP contribution in [0.1, 0.15) is 34.5 Å². The summed E-state index contributed by atoms with van der Waals surface area (Å²) in [6, 6.07) is 12.7. The highest BCUT2D eigenvalue weighted by Gasteiger charge is 2.25. The molecule has 1 aromatic heterocycles. The molecule has 0 spiro atoms. The molecule has 1 heterocycles. The topological polar surface area (TPSA) is 86.0 Å². The highest BCUT2D eigenvalue weighted by Crippen LogP contribution is 2.27. The van der Waals surface area contributed by atoms with Gasteiger partial charge in [-0.15, -0.1) is 0 Å². The maximum Gasteiger partial charge on any atom is 0.352 e. The molecule has 30 heavy (non-hydrogen) atoms. The van der Waals surface area contributed by atoms with Crippen LogP contribution in [-0.2, 0) is 6.54 Å². The standard InChI is InChI=1S/C22H21FN4O3/c1-14-4-2-7-18(10-14)27-22(30)26(13-16-5-3-6-17(23)11-16)21(29)19(25-27)20(28)24-12-15-8-9-15/h2-7,10-11,15H,8-9,12-13H2,1H3,(H,24,28). The van der Waals surface area contributed by atoms with E-state index in [1.807, 2.05) is 13.0 Å². The predicted octanol–water partition coefficient (Wildman–Crippen LogP) is 2.03. The van der Waals surface area contributed by atoms with Gasteiger partial charge in [-0.05, 0) is 61.1 Å². The van der Waals surface area contributed by atoms with Gasteiger partial charge in [0.1, 0.15) is 5.82 Å². The van der Waals surface area contributed by atoms with E-state index in [2.05, 4.69) is 10.4 Å². The van der Waals surface area contributed by atoms with Crippen LogP contribution in [0.3, 0.4) is 0 Å². The zero-order chi connectivity index (χ0) is 21.3. The highest BCUT2D eigenvalue weighted by molar-refractivity contribution is 5.91. The minimum atomic E-state index is -0.804. The normalized spacial score (nSPS) is 13.3. The Kier molecular flexibility index (Phi) is 5.31. The summed E-state index contributed by atoms with van der Waals surface area (Å²) < 4.78 is 15.6. The fourth-order valence-corrected chi connectivity index (χ4v) is 3.19. The molecule has 154 valence electrons. The highest BCUT2D eigenvalue weighted by atomic mass is 19.1. The third kappa shape index (κ3) is 4.22. The van der Waals surface area contributed by atoms with E-state index in [1.54, 1.807) is 24.3 Å². The lowest BCUT2D eigenvalue weighted by molar-refractivity contribution is 0.0942. The van der Waals surface area contributed by atoms with Crippen LogP contribution in [-0.4, -0.2) is 26.8 Å². The number of hydrogen-bond acceptors (Lipinski definition) is 4. The number of hydrogen-bond donors (Lipinski definition) is 1. The number of carbonyl (C=O) groups excluding carboxylic acids is 1. The fraction of sp³-hybridized carbons (Fsp3) is 0.273. The van der Waals surface area contributed by atoms with Gasteiger partial charge in [0.25, 0.3) is 11.5 Å². The van der Waals surface area contributed by atoms with Gasteiger partial charge in [0.2, 0.25) is 5.69 Å². The van der Waals surface area contributed by atoms with Crippen molar-refractivity contribution in [2.24, 2.45) is 5.92 Å². The van der Waals surface area contributed by atoms with E-state index in [0.717, 1.165) is 27.7 Å². The van der Waals surface area contributed by atoms with E-state index in [9.17, 15) is 18.8 Å². The number of aryl methyl sites for hydroxylation is 1. The number of nitrogens with one attached hydrogen (secondary N) is 1. The maximum atomic E-state index is 13.6. The van der Waals surface area contributed by atoms with Crippen LogP contribution in [0.4, 0.5) is 4.39 Å². The number of halogens is 1. The number of amides is 1. The van der Waals surface area contributed by atoms with Crippen LogP contribution in [0.15, 0.2) is 58.1 Å². The molecule has 2 aromatic carbocycles. The molecular formula is C22H21FN4O3. The van der Waals surface area contributed by atoms with Crippen molar-refractivity contribution in [3.8, 4) is 5.69 Å². The Morgan fingerprint density at radius 2 is 1.93 bits per heavy atom. The monoisotopic (exact) mass is 408 g/mol. The molecule has 1 fully saturated rings. The van der Waals surface area contributed by atoms with Crippen molar-refractivity contribution in [3.05, 3.63) is 92.0 Å². The van der Waals surface area contributed by atoms with Gasteiger partial charge >= 0.3 is 5.69 Å². The Morgan fingerprint density at radius 1 is 1.17 bits per heavy atom. The zero-order valence-electron chi connectivity index (χ0n) is 16.5. The minimum absolute atomic E-state index is 0.174. The second kappa shape index (κ2) is 8.06. The van der Waals surface area contributed by atoms with E-state index in [0.29, 0.717) is 23.7 Å². The summed E-state index contributed by atoms with van der Waals surface area (Å²) in [5, 5.41) is 6.81. The van der Waals surface area contributed by atoms with Crippen molar-refractivity contribution in [1.82, 2.24) is 19.7 Å². The molecule has 8 heteroatoms. The smallest absolute Gasteiger partial charge is 0.350 e. The van der Waals surface area contributed by atoms with Gasteiger partial charge in [0.05, 0.1) is 12.2 Å². The van der Waals surface area contributed by atoms with Gasteiger partial charge in [-0.1, -0.05) is 24.3 Å². The van der Waals surface area contributed by atoms with Crippen LogP contribution in [0.25, 0.3) is 5.69 Å². The molecule has 1 aliphatic carbocycles. The number of benzene rings is 2. The Bertz CT molecular complexity index is 1230. The number of nitrogens with zero attached hydrogens (tertiary/aromatic N) is 3. The fourth-order valence-electron chi connectivity index (χ4n) is 3.19. The molecule has 1 amide bonds. The first-order chi connectivity index (χ1) is 14.4. The average Bonchev–Trinajstić information content (AvgIpc) is 3.54. The van der Waals surface area contributed by atoms with Gasteiger partial charge in [-0.25, -0.2) is 9.18 Å². The zero-order valence-corrected chi connectivity index (χ0v) is 16.5. The molecule has 3 aromatic rings. The molecule has 0 atom stereocenters. The van der Waals surface area contributed by atoms with Crippen LogP contribution >= 0.6 is 0 Å². The molecule has 1 N–H and O–H groups in total. The number of carbonyl (C=O) groups is 1. The van der Waals surface area contributed by atoms with E-state index in [-0.39, 0.29) is 12.2 Å². The van der Waals surface area contributed by atoms with E-state index < -0.39 is 23.0 Å². The summed E-state index contributed by atoms with van der Waals surface area (Å²) in [6.07, 6.45) is 2.08. The van der Waals surface area contributed by atoms with E-state index in [4.69, 9.17) is 0 Å². The van der Waals surface area contributed by atoms with Crippen molar-refractivity contribution in [2.45, 2.75) is 26.3 Å². The molecular weight excluding hydrogens is 387 g/mol. The molecule has 1 saturated carbocycles. The summed E-state index contributed by atoms with van der Waals surface area (Å²) >= 11 is 0. The Labute approximate surface area is 171 Å². The SMILES string of the molecule is Cc1cccc(-n2nc(C(=O)NCC3CC3)c(=O)n(Cc3cccc(F)c3)c2=O)c1. The molecule has 4 rings (SSSR count). The Hall–Kier alpha value is -3.55. The summed E-state index contributed by atoms with van der Waals surface area (Å²) in [5.74, 6) is -0.677. The molecule has 1 aliphatic rings. The lowest BCUT2D eigenvalue weighted by Gasteiger charge is -2.13. The van der Waals surface area contributed by atoms with Crippen molar-refractivity contribution < 1.29 is 9.18 Å². The van der Waals surface area contributed by atoms with Gasteiger partial charge in [0, 0.05) is 6.54 Å². The van der Waals surface area contributed by atoms with E-state index in [1.165, 1.54) is 18.2 Å². The average molecular weight is 408 g/mol. The van der Waals surface area contributed by atoms with Crippen molar-refractivity contribution in [1.29, 1.82) is 0 Å². The van der Waals surface area contributed by atoms with Gasteiger partial charge in [-0.3, -0.25) is 14.2 Å². The minimum Gasteiger partial charge on any atom is -0.350 e. The molecule has 0 radical (unpaired) electrons. The Morgan fingerprint density at radius 3 is 2.63 bits per heavy atom. The lowest BCUT2D eigenvalue weighted by atomic mass is 10.2. The van der Waals surface area contributed by atoms with Crippen molar-refractivity contribution in [3.63, 3.8) is 0 Å².